The fourth-order valence-corrected chi connectivity index (χ4v) is 1.67. The van der Waals surface area contributed by atoms with Crippen molar-refractivity contribution in [1.82, 2.24) is 9.97 Å². The van der Waals surface area contributed by atoms with E-state index in [1.165, 1.54) is 6.20 Å². The summed E-state index contributed by atoms with van der Waals surface area (Å²) in [7, 11) is 0. The van der Waals surface area contributed by atoms with Gasteiger partial charge in [-0.15, -0.1) is 0 Å². The molecule has 4 nitrogen and oxygen atoms in total. The Hall–Kier alpha value is -1.17. The molecule has 88 valence electrons. The smallest absolute Gasteiger partial charge is 0.271 e. The number of piperidine rings is 1. The van der Waals surface area contributed by atoms with Crippen molar-refractivity contribution in [3.05, 3.63) is 21.6 Å². The fourth-order valence-electron chi connectivity index (χ4n) is 1.58. The summed E-state index contributed by atoms with van der Waals surface area (Å²) in [4.78, 5) is 19.2. The number of aromatic nitrogens is 2. The molecule has 0 unspecified atom stereocenters. The van der Waals surface area contributed by atoms with Crippen LogP contribution in [0.5, 0.6) is 0 Å². The maximum atomic E-state index is 12.9. The molecule has 2 rings (SSSR count). The first-order chi connectivity index (χ1) is 7.48. The van der Waals surface area contributed by atoms with E-state index < -0.39 is 11.5 Å². The molecule has 1 aromatic heterocycles. The molecule has 1 N–H and O–H groups in total. The highest BCUT2D eigenvalue weighted by molar-refractivity contribution is 6.30. The van der Waals surface area contributed by atoms with Crippen LogP contribution in [-0.2, 0) is 0 Å². The number of nitrogens with one attached hydrogen (secondary N) is 1. The van der Waals surface area contributed by atoms with Gasteiger partial charge in [-0.25, -0.2) is 13.8 Å². The van der Waals surface area contributed by atoms with Crippen LogP contribution in [0, 0.1) is 0 Å². The highest BCUT2D eigenvalue weighted by Gasteiger charge is 2.34. The largest absolute Gasteiger partial charge is 0.342 e. The molecule has 7 heteroatoms. The van der Waals surface area contributed by atoms with Crippen LogP contribution in [0.4, 0.5) is 14.7 Å². The van der Waals surface area contributed by atoms with Crippen LogP contribution < -0.4 is 10.5 Å². The number of aromatic amines is 1. The molecule has 0 bridgehead atoms. The van der Waals surface area contributed by atoms with Gasteiger partial charge in [-0.2, -0.15) is 0 Å². The van der Waals surface area contributed by atoms with Gasteiger partial charge in [-0.05, 0) is 0 Å². The summed E-state index contributed by atoms with van der Waals surface area (Å²) in [6.07, 6.45) is 0.779. The monoisotopic (exact) mass is 249 g/mol. The minimum atomic E-state index is -2.61. The summed E-state index contributed by atoms with van der Waals surface area (Å²) >= 11 is 5.52. The zero-order valence-electron chi connectivity index (χ0n) is 8.34. The Bertz CT molecular complexity index is 439. The Kier molecular flexibility index (Phi) is 2.84. The van der Waals surface area contributed by atoms with Gasteiger partial charge in [-0.3, -0.25) is 9.78 Å². The van der Waals surface area contributed by atoms with Crippen LogP contribution >= 0.6 is 11.6 Å². The first kappa shape index (κ1) is 11.3. The highest BCUT2D eigenvalue weighted by Crippen LogP contribution is 2.28. The van der Waals surface area contributed by atoms with E-state index in [0.717, 1.165) is 0 Å². The maximum absolute atomic E-state index is 12.9. The molecular weight excluding hydrogens is 240 g/mol. The topological polar surface area (TPSA) is 49.0 Å². The Balaban J connectivity index is 2.14. The number of alkyl halides is 2. The fraction of sp³-hybridized carbons (Fsp3) is 0.556. The molecule has 2 heterocycles. The third-order valence-corrected chi connectivity index (χ3v) is 2.81. The molecule has 1 aliphatic heterocycles. The second kappa shape index (κ2) is 4.01. The number of anilines is 1. The Morgan fingerprint density at radius 3 is 2.62 bits per heavy atom. The van der Waals surface area contributed by atoms with Crippen molar-refractivity contribution >= 4 is 17.5 Å². The quantitative estimate of drug-likeness (QED) is 0.824. The van der Waals surface area contributed by atoms with Gasteiger partial charge in [0.05, 0.1) is 6.20 Å². The predicted octanol–water partition coefficient (Wildman–Crippen LogP) is 1.66. The summed E-state index contributed by atoms with van der Waals surface area (Å²) in [5.41, 5.74) is -0.455. The number of nitrogens with zero attached hydrogens (tertiary/aromatic N) is 2. The number of hydrogen-bond donors (Lipinski definition) is 1. The van der Waals surface area contributed by atoms with Crippen molar-refractivity contribution in [2.24, 2.45) is 0 Å². The number of halogens is 3. The molecule has 0 aliphatic carbocycles. The second-order valence-corrected chi connectivity index (χ2v) is 4.13. The Morgan fingerprint density at radius 1 is 1.44 bits per heavy atom. The summed E-state index contributed by atoms with van der Waals surface area (Å²) in [6.45, 7) is 0.356. The molecule has 0 aromatic carbocycles. The van der Waals surface area contributed by atoms with E-state index >= 15 is 0 Å². The van der Waals surface area contributed by atoms with Crippen LogP contribution in [0.15, 0.2) is 11.0 Å². The van der Waals surface area contributed by atoms with Crippen molar-refractivity contribution in [2.45, 2.75) is 18.8 Å². The van der Waals surface area contributed by atoms with E-state index in [-0.39, 0.29) is 31.0 Å². The molecule has 0 spiro atoms. The van der Waals surface area contributed by atoms with E-state index in [9.17, 15) is 13.6 Å². The Labute approximate surface area is 95.2 Å². The van der Waals surface area contributed by atoms with Gasteiger partial charge in [-0.1, -0.05) is 11.6 Å². The average molecular weight is 250 g/mol. The van der Waals surface area contributed by atoms with Crippen LogP contribution in [-0.4, -0.2) is 29.0 Å². The van der Waals surface area contributed by atoms with Gasteiger partial charge in [0, 0.05) is 25.9 Å². The van der Waals surface area contributed by atoms with Gasteiger partial charge in [0.2, 0.25) is 5.95 Å². The van der Waals surface area contributed by atoms with E-state index in [4.69, 9.17) is 11.6 Å². The number of hydrogen-bond acceptors (Lipinski definition) is 3. The van der Waals surface area contributed by atoms with Crippen LogP contribution in [0.3, 0.4) is 0 Å². The summed E-state index contributed by atoms with van der Waals surface area (Å²) in [5, 5.41) is -0.00825. The van der Waals surface area contributed by atoms with E-state index in [1.807, 2.05) is 0 Å². The first-order valence-electron chi connectivity index (χ1n) is 4.85. The van der Waals surface area contributed by atoms with Crippen molar-refractivity contribution in [1.29, 1.82) is 0 Å². The lowest BCUT2D eigenvalue weighted by Crippen LogP contribution is -2.40. The number of H-pyrrole nitrogens is 1. The molecule has 0 atom stereocenters. The molecule has 1 aliphatic rings. The van der Waals surface area contributed by atoms with Gasteiger partial charge in [0.1, 0.15) is 5.02 Å². The summed E-state index contributed by atoms with van der Waals surface area (Å²) in [6, 6.07) is 0. The van der Waals surface area contributed by atoms with Gasteiger partial charge >= 0.3 is 0 Å². The van der Waals surface area contributed by atoms with Crippen molar-refractivity contribution in [2.75, 3.05) is 18.0 Å². The highest BCUT2D eigenvalue weighted by atomic mass is 35.5. The lowest BCUT2D eigenvalue weighted by atomic mass is 10.1. The van der Waals surface area contributed by atoms with E-state index in [1.54, 1.807) is 4.90 Å². The van der Waals surface area contributed by atoms with Crippen molar-refractivity contribution in [3.8, 4) is 0 Å². The normalized spacial score (nSPS) is 19.8. The minimum absolute atomic E-state index is 0.00825. The molecule has 1 aromatic rings. The molecule has 0 amide bonds. The van der Waals surface area contributed by atoms with Gasteiger partial charge in [0.15, 0.2) is 0 Å². The van der Waals surface area contributed by atoms with E-state index in [0.29, 0.717) is 5.95 Å². The average Bonchev–Trinajstić information content (AvgIpc) is 2.22. The molecular formula is C9H10ClF2N3O. The van der Waals surface area contributed by atoms with Crippen molar-refractivity contribution in [3.63, 3.8) is 0 Å². The minimum Gasteiger partial charge on any atom is -0.342 e. The predicted molar refractivity (Wildman–Crippen MR) is 56.3 cm³/mol. The maximum Gasteiger partial charge on any atom is 0.271 e. The van der Waals surface area contributed by atoms with Crippen LogP contribution in [0.25, 0.3) is 0 Å². The summed E-state index contributed by atoms with van der Waals surface area (Å²) < 4.78 is 25.8. The van der Waals surface area contributed by atoms with E-state index in [2.05, 4.69) is 9.97 Å². The molecule has 0 saturated carbocycles. The third-order valence-electron chi connectivity index (χ3n) is 2.54. The Morgan fingerprint density at radius 2 is 2.06 bits per heavy atom. The van der Waals surface area contributed by atoms with Crippen LogP contribution in [0.2, 0.25) is 5.02 Å². The van der Waals surface area contributed by atoms with Crippen molar-refractivity contribution < 1.29 is 8.78 Å². The lowest BCUT2D eigenvalue weighted by Gasteiger charge is -2.31. The number of rotatable bonds is 1. The third kappa shape index (κ3) is 2.32. The van der Waals surface area contributed by atoms with Crippen LogP contribution in [0.1, 0.15) is 12.8 Å². The molecule has 0 radical (unpaired) electrons. The lowest BCUT2D eigenvalue weighted by molar-refractivity contribution is -0.0222. The molecule has 16 heavy (non-hydrogen) atoms. The SMILES string of the molecule is O=c1[nH]c(N2CCC(F)(F)CC2)ncc1Cl. The zero-order valence-corrected chi connectivity index (χ0v) is 9.10. The van der Waals surface area contributed by atoms with Gasteiger partial charge in [0.25, 0.3) is 11.5 Å². The second-order valence-electron chi connectivity index (χ2n) is 3.73. The standard InChI is InChI=1S/C9H10ClF2N3O/c10-6-5-13-8(14-7(6)16)15-3-1-9(11,12)2-4-15/h5H,1-4H2,(H,13,14,16). The molecule has 1 fully saturated rings. The van der Waals surface area contributed by atoms with Gasteiger partial charge < -0.3 is 4.90 Å². The first-order valence-corrected chi connectivity index (χ1v) is 5.23. The molecule has 1 saturated heterocycles. The zero-order chi connectivity index (χ0) is 11.8. The summed E-state index contributed by atoms with van der Waals surface area (Å²) in [5.74, 6) is -2.31.